The fourth-order valence-electron chi connectivity index (χ4n) is 2.00. The first-order valence-corrected chi connectivity index (χ1v) is 6.57. The zero-order valence-electron chi connectivity index (χ0n) is 12.1. The van der Waals surface area contributed by atoms with Crippen LogP contribution in [0.25, 0.3) is 0 Å². The van der Waals surface area contributed by atoms with Gasteiger partial charge < -0.3 is 14.7 Å². The van der Waals surface area contributed by atoms with Crippen molar-refractivity contribution in [1.82, 2.24) is 4.90 Å². The summed E-state index contributed by atoms with van der Waals surface area (Å²) < 4.78 is 5.30. The van der Waals surface area contributed by atoms with E-state index < -0.39 is 12.1 Å². The molecule has 0 unspecified atom stereocenters. The van der Waals surface area contributed by atoms with Crippen molar-refractivity contribution >= 4 is 11.9 Å². The highest BCUT2D eigenvalue weighted by Crippen LogP contribution is 2.20. The Morgan fingerprint density at radius 1 is 1.25 bits per heavy atom. The average molecular weight is 279 g/mol. The number of carbonyl (C=O) groups excluding carboxylic acids is 1. The Balaban J connectivity index is 2.89. The van der Waals surface area contributed by atoms with Crippen LogP contribution < -0.4 is 0 Å². The first kappa shape index (κ1) is 16.2. The zero-order valence-corrected chi connectivity index (χ0v) is 12.1. The molecule has 1 atom stereocenters. The minimum atomic E-state index is -0.919. The molecule has 110 valence electrons. The third-order valence-corrected chi connectivity index (χ3v) is 3.04. The summed E-state index contributed by atoms with van der Waals surface area (Å²) in [6, 6.07) is 9.11. The van der Waals surface area contributed by atoms with Crippen molar-refractivity contribution in [3.63, 3.8) is 0 Å². The lowest BCUT2D eigenvalue weighted by molar-refractivity contribution is -0.145. The number of methoxy groups -OCH3 is 1. The fraction of sp³-hybridized carbons (Fsp3) is 0.467. The Hall–Kier alpha value is -1.88. The van der Waals surface area contributed by atoms with Crippen LogP contribution in [0.1, 0.15) is 31.9 Å². The predicted octanol–water partition coefficient (Wildman–Crippen LogP) is 2.09. The molecule has 0 radical (unpaired) electrons. The molecule has 1 amide bonds. The number of hydrogen-bond acceptors (Lipinski definition) is 3. The summed E-state index contributed by atoms with van der Waals surface area (Å²) in [4.78, 5) is 24.8. The van der Waals surface area contributed by atoms with Crippen molar-refractivity contribution in [1.29, 1.82) is 0 Å². The Labute approximate surface area is 119 Å². The molecule has 0 heterocycles. The van der Waals surface area contributed by atoms with Crippen molar-refractivity contribution in [3.05, 3.63) is 35.9 Å². The number of nitrogens with zero attached hydrogens (tertiary/aromatic N) is 1. The van der Waals surface area contributed by atoms with Gasteiger partial charge >= 0.3 is 5.97 Å². The lowest BCUT2D eigenvalue weighted by Crippen LogP contribution is -2.41. The first-order chi connectivity index (χ1) is 9.47. The Morgan fingerprint density at radius 2 is 1.85 bits per heavy atom. The minimum Gasteiger partial charge on any atom is -0.481 e. The SMILES string of the molecule is CO[C@@H](C(=O)N(CCC(=O)O)C(C)C)c1ccccc1. The van der Waals surface area contributed by atoms with Gasteiger partial charge in [-0.25, -0.2) is 0 Å². The molecular formula is C15H21NO4. The molecule has 0 saturated carbocycles. The summed E-state index contributed by atoms with van der Waals surface area (Å²) in [5.41, 5.74) is 0.765. The van der Waals surface area contributed by atoms with Gasteiger partial charge in [-0.05, 0) is 19.4 Å². The lowest BCUT2D eigenvalue weighted by Gasteiger charge is -2.29. The van der Waals surface area contributed by atoms with Gasteiger partial charge in [-0.1, -0.05) is 30.3 Å². The van der Waals surface area contributed by atoms with Crippen LogP contribution in [-0.4, -0.2) is 41.6 Å². The number of hydrogen-bond donors (Lipinski definition) is 1. The molecule has 0 aromatic heterocycles. The van der Waals surface area contributed by atoms with Crippen LogP contribution in [0.2, 0.25) is 0 Å². The van der Waals surface area contributed by atoms with E-state index in [1.165, 1.54) is 12.0 Å². The molecule has 0 aliphatic heterocycles. The van der Waals surface area contributed by atoms with Crippen molar-refractivity contribution in [2.75, 3.05) is 13.7 Å². The number of aliphatic carboxylic acids is 1. The van der Waals surface area contributed by atoms with Gasteiger partial charge in [-0.15, -0.1) is 0 Å². The summed E-state index contributed by atoms with van der Waals surface area (Å²) in [6.07, 6.45) is -0.776. The number of carboxylic acid groups (broad SMARTS) is 1. The van der Waals surface area contributed by atoms with Crippen molar-refractivity contribution < 1.29 is 19.4 Å². The van der Waals surface area contributed by atoms with E-state index in [4.69, 9.17) is 9.84 Å². The quantitative estimate of drug-likeness (QED) is 0.830. The van der Waals surface area contributed by atoms with Crippen LogP contribution in [-0.2, 0) is 14.3 Å². The van der Waals surface area contributed by atoms with Crippen LogP contribution in [0.3, 0.4) is 0 Å². The van der Waals surface area contributed by atoms with Crippen LogP contribution in [0.4, 0.5) is 0 Å². The largest absolute Gasteiger partial charge is 0.481 e. The molecule has 1 aromatic rings. The highest BCUT2D eigenvalue weighted by Gasteiger charge is 2.27. The van der Waals surface area contributed by atoms with E-state index >= 15 is 0 Å². The van der Waals surface area contributed by atoms with Gasteiger partial charge in [0, 0.05) is 19.7 Å². The van der Waals surface area contributed by atoms with Gasteiger partial charge in [-0.3, -0.25) is 9.59 Å². The highest BCUT2D eigenvalue weighted by molar-refractivity contribution is 5.83. The van der Waals surface area contributed by atoms with Crippen LogP contribution in [0.5, 0.6) is 0 Å². The van der Waals surface area contributed by atoms with Crippen LogP contribution in [0.15, 0.2) is 30.3 Å². The highest BCUT2D eigenvalue weighted by atomic mass is 16.5. The smallest absolute Gasteiger partial charge is 0.305 e. The van der Waals surface area contributed by atoms with Gasteiger partial charge in [0.05, 0.1) is 6.42 Å². The molecule has 0 saturated heterocycles. The topological polar surface area (TPSA) is 66.8 Å². The number of carboxylic acids is 1. The van der Waals surface area contributed by atoms with E-state index in [2.05, 4.69) is 0 Å². The third-order valence-electron chi connectivity index (χ3n) is 3.04. The third kappa shape index (κ3) is 4.35. The molecule has 20 heavy (non-hydrogen) atoms. The number of amides is 1. The van der Waals surface area contributed by atoms with E-state index in [0.717, 1.165) is 5.56 Å². The van der Waals surface area contributed by atoms with Gasteiger partial charge in [0.15, 0.2) is 6.10 Å². The number of benzene rings is 1. The molecule has 1 rings (SSSR count). The van der Waals surface area contributed by atoms with Crippen LogP contribution >= 0.6 is 0 Å². The molecule has 5 nitrogen and oxygen atoms in total. The molecule has 1 aromatic carbocycles. The summed E-state index contributed by atoms with van der Waals surface area (Å²) >= 11 is 0. The van der Waals surface area contributed by atoms with Crippen molar-refractivity contribution in [2.45, 2.75) is 32.4 Å². The number of rotatable bonds is 7. The summed E-state index contributed by atoms with van der Waals surface area (Å²) in [5.74, 6) is -1.13. The number of carbonyl (C=O) groups is 2. The van der Waals surface area contributed by atoms with Gasteiger partial charge in [0.2, 0.25) is 0 Å². The Bertz CT molecular complexity index is 444. The fourth-order valence-corrected chi connectivity index (χ4v) is 2.00. The molecule has 0 bridgehead atoms. The molecule has 0 aliphatic carbocycles. The number of ether oxygens (including phenoxy) is 1. The van der Waals surface area contributed by atoms with E-state index in [0.29, 0.717) is 0 Å². The normalized spacial score (nSPS) is 12.2. The molecular weight excluding hydrogens is 258 g/mol. The lowest BCUT2D eigenvalue weighted by atomic mass is 10.1. The van der Waals surface area contributed by atoms with Crippen LogP contribution in [0, 0.1) is 0 Å². The maximum atomic E-state index is 12.5. The first-order valence-electron chi connectivity index (χ1n) is 6.57. The van der Waals surface area contributed by atoms with E-state index in [-0.39, 0.29) is 24.9 Å². The van der Waals surface area contributed by atoms with Crippen molar-refractivity contribution in [3.8, 4) is 0 Å². The van der Waals surface area contributed by atoms with E-state index in [1.807, 2.05) is 44.2 Å². The Kier molecular flexibility index (Phi) is 6.18. The molecule has 0 fully saturated rings. The second-order valence-corrected chi connectivity index (χ2v) is 4.80. The van der Waals surface area contributed by atoms with E-state index in [1.54, 1.807) is 0 Å². The monoisotopic (exact) mass is 279 g/mol. The molecule has 1 N–H and O–H groups in total. The second-order valence-electron chi connectivity index (χ2n) is 4.80. The van der Waals surface area contributed by atoms with Gasteiger partial charge in [-0.2, -0.15) is 0 Å². The summed E-state index contributed by atoms with van der Waals surface area (Å²) in [5, 5.41) is 8.77. The molecule has 0 spiro atoms. The summed E-state index contributed by atoms with van der Waals surface area (Å²) in [6.45, 7) is 3.90. The van der Waals surface area contributed by atoms with Gasteiger partial charge in [0.1, 0.15) is 0 Å². The zero-order chi connectivity index (χ0) is 15.1. The maximum Gasteiger partial charge on any atom is 0.305 e. The van der Waals surface area contributed by atoms with Crippen molar-refractivity contribution in [2.24, 2.45) is 0 Å². The van der Waals surface area contributed by atoms with Gasteiger partial charge in [0.25, 0.3) is 5.91 Å². The predicted molar refractivity (Wildman–Crippen MR) is 75.3 cm³/mol. The van der Waals surface area contributed by atoms with E-state index in [9.17, 15) is 9.59 Å². The standard InChI is InChI=1S/C15H21NO4/c1-11(2)16(10-9-13(17)18)15(19)14(20-3)12-7-5-4-6-8-12/h4-8,11,14H,9-10H2,1-3H3,(H,17,18)/t14-/m1/s1. The Morgan fingerprint density at radius 3 is 2.30 bits per heavy atom. The maximum absolute atomic E-state index is 12.5. The molecule has 0 aliphatic rings. The minimum absolute atomic E-state index is 0.0743. The summed E-state index contributed by atoms with van der Waals surface area (Å²) in [7, 11) is 1.48. The second kappa shape index (κ2) is 7.65. The molecule has 5 heteroatoms. The average Bonchev–Trinajstić information content (AvgIpc) is 2.40.